The summed E-state index contributed by atoms with van der Waals surface area (Å²) < 4.78 is 5.67. The molecular formula is C11H18N2O. The number of rotatable bonds is 3. The van der Waals surface area contributed by atoms with E-state index in [1.165, 1.54) is 25.7 Å². The summed E-state index contributed by atoms with van der Waals surface area (Å²) in [5.74, 6) is 1.72. The van der Waals surface area contributed by atoms with Gasteiger partial charge in [0.25, 0.3) is 0 Å². The van der Waals surface area contributed by atoms with Crippen LogP contribution in [0.3, 0.4) is 0 Å². The van der Waals surface area contributed by atoms with Crippen molar-refractivity contribution in [3.8, 4) is 0 Å². The Morgan fingerprint density at radius 2 is 2.21 bits per heavy atom. The van der Waals surface area contributed by atoms with Gasteiger partial charge in [-0.1, -0.05) is 19.8 Å². The lowest BCUT2D eigenvalue weighted by Gasteiger charge is -2.23. The molecule has 0 unspecified atom stereocenters. The van der Waals surface area contributed by atoms with Crippen molar-refractivity contribution in [1.29, 1.82) is 0 Å². The zero-order chi connectivity index (χ0) is 10.0. The SMILES string of the molecule is CCC1(c2cnc(CN)o2)CCCC1. The largest absolute Gasteiger partial charge is 0.444 e. The lowest BCUT2D eigenvalue weighted by Crippen LogP contribution is -2.19. The third kappa shape index (κ3) is 1.46. The van der Waals surface area contributed by atoms with E-state index >= 15 is 0 Å². The van der Waals surface area contributed by atoms with Crippen molar-refractivity contribution >= 4 is 0 Å². The van der Waals surface area contributed by atoms with Gasteiger partial charge in [0, 0.05) is 5.41 Å². The molecule has 2 rings (SSSR count). The Morgan fingerprint density at radius 3 is 2.71 bits per heavy atom. The van der Waals surface area contributed by atoms with Crippen LogP contribution in [0.15, 0.2) is 10.6 Å². The Morgan fingerprint density at radius 1 is 1.50 bits per heavy atom. The summed E-state index contributed by atoms with van der Waals surface area (Å²) in [4.78, 5) is 4.18. The molecule has 3 nitrogen and oxygen atoms in total. The highest BCUT2D eigenvalue weighted by Gasteiger charge is 2.37. The monoisotopic (exact) mass is 194 g/mol. The van der Waals surface area contributed by atoms with Crippen LogP contribution in [0.25, 0.3) is 0 Å². The Labute approximate surface area is 84.7 Å². The summed E-state index contributed by atoms with van der Waals surface area (Å²) in [6, 6.07) is 0. The zero-order valence-electron chi connectivity index (χ0n) is 8.75. The van der Waals surface area contributed by atoms with Crippen LogP contribution in [-0.2, 0) is 12.0 Å². The molecule has 1 saturated carbocycles. The van der Waals surface area contributed by atoms with Crippen molar-refractivity contribution in [3.63, 3.8) is 0 Å². The predicted molar refractivity (Wildman–Crippen MR) is 54.8 cm³/mol. The van der Waals surface area contributed by atoms with Crippen LogP contribution in [0, 0.1) is 0 Å². The molecule has 14 heavy (non-hydrogen) atoms. The van der Waals surface area contributed by atoms with E-state index in [4.69, 9.17) is 10.2 Å². The molecule has 0 saturated heterocycles. The molecule has 0 radical (unpaired) electrons. The highest BCUT2D eigenvalue weighted by molar-refractivity contribution is 5.13. The van der Waals surface area contributed by atoms with Gasteiger partial charge in [-0.3, -0.25) is 0 Å². The van der Waals surface area contributed by atoms with Crippen LogP contribution >= 0.6 is 0 Å². The summed E-state index contributed by atoms with van der Waals surface area (Å²) in [6.07, 6.45) is 8.12. The number of nitrogens with zero attached hydrogens (tertiary/aromatic N) is 1. The normalized spacial score (nSPS) is 20.1. The maximum absolute atomic E-state index is 5.67. The Hall–Kier alpha value is -0.830. The minimum Gasteiger partial charge on any atom is -0.444 e. The molecular weight excluding hydrogens is 176 g/mol. The first kappa shape index (κ1) is 9.71. The van der Waals surface area contributed by atoms with Crippen molar-refractivity contribution in [3.05, 3.63) is 17.8 Å². The van der Waals surface area contributed by atoms with Gasteiger partial charge in [0.15, 0.2) is 0 Å². The van der Waals surface area contributed by atoms with E-state index < -0.39 is 0 Å². The average molecular weight is 194 g/mol. The molecule has 1 heterocycles. The van der Waals surface area contributed by atoms with Gasteiger partial charge in [0.2, 0.25) is 5.89 Å². The first-order chi connectivity index (χ1) is 6.80. The molecule has 0 amide bonds. The summed E-state index contributed by atoms with van der Waals surface area (Å²) in [5.41, 5.74) is 5.75. The van der Waals surface area contributed by atoms with Crippen LogP contribution in [0.1, 0.15) is 50.7 Å². The van der Waals surface area contributed by atoms with Gasteiger partial charge >= 0.3 is 0 Å². The summed E-state index contributed by atoms with van der Waals surface area (Å²) in [7, 11) is 0. The van der Waals surface area contributed by atoms with Crippen molar-refractivity contribution in [2.45, 2.75) is 51.0 Å². The van der Waals surface area contributed by atoms with Crippen LogP contribution in [-0.4, -0.2) is 4.98 Å². The second-order valence-corrected chi connectivity index (χ2v) is 4.16. The van der Waals surface area contributed by atoms with E-state index in [0.717, 1.165) is 12.2 Å². The highest BCUT2D eigenvalue weighted by atomic mass is 16.4. The van der Waals surface area contributed by atoms with Gasteiger partial charge in [0.05, 0.1) is 12.7 Å². The van der Waals surface area contributed by atoms with Crippen molar-refractivity contribution < 1.29 is 4.42 Å². The van der Waals surface area contributed by atoms with Crippen LogP contribution in [0.2, 0.25) is 0 Å². The fourth-order valence-electron chi connectivity index (χ4n) is 2.48. The molecule has 1 aliphatic carbocycles. The van der Waals surface area contributed by atoms with E-state index in [-0.39, 0.29) is 5.41 Å². The third-order valence-electron chi connectivity index (χ3n) is 3.49. The molecule has 1 fully saturated rings. The molecule has 0 spiro atoms. The molecule has 78 valence electrons. The van der Waals surface area contributed by atoms with Gasteiger partial charge < -0.3 is 10.2 Å². The highest BCUT2D eigenvalue weighted by Crippen LogP contribution is 2.43. The van der Waals surface area contributed by atoms with E-state index in [2.05, 4.69) is 11.9 Å². The molecule has 3 heteroatoms. The number of hydrogen-bond donors (Lipinski definition) is 1. The van der Waals surface area contributed by atoms with Crippen molar-refractivity contribution in [1.82, 2.24) is 4.98 Å². The summed E-state index contributed by atoms with van der Waals surface area (Å²) in [6.45, 7) is 2.63. The van der Waals surface area contributed by atoms with Crippen LogP contribution in [0.4, 0.5) is 0 Å². The molecule has 2 N–H and O–H groups in total. The number of nitrogens with two attached hydrogens (primary N) is 1. The first-order valence-corrected chi connectivity index (χ1v) is 5.46. The van der Waals surface area contributed by atoms with E-state index in [0.29, 0.717) is 12.4 Å². The van der Waals surface area contributed by atoms with E-state index in [9.17, 15) is 0 Å². The topological polar surface area (TPSA) is 52.0 Å². The van der Waals surface area contributed by atoms with Gasteiger partial charge in [0.1, 0.15) is 5.76 Å². The standard InChI is InChI=1S/C11H18N2O/c1-2-11(5-3-4-6-11)9-8-13-10(7-12)14-9/h8H,2-7,12H2,1H3. The van der Waals surface area contributed by atoms with E-state index in [1.54, 1.807) is 0 Å². The fourth-order valence-corrected chi connectivity index (χ4v) is 2.48. The lowest BCUT2D eigenvalue weighted by atomic mass is 9.81. The molecule has 1 aromatic heterocycles. The fraction of sp³-hybridized carbons (Fsp3) is 0.727. The average Bonchev–Trinajstić information content (AvgIpc) is 2.87. The number of hydrogen-bond acceptors (Lipinski definition) is 3. The Kier molecular flexibility index (Phi) is 2.59. The molecule has 0 bridgehead atoms. The smallest absolute Gasteiger partial charge is 0.208 e. The molecule has 0 aromatic carbocycles. The first-order valence-electron chi connectivity index (χ1n) is 5.46. The molecule has 0 aliphatic heterocycles. The second-order valence-electron chi connectivity index (χ2n) is 4.16. The maximum Gasteiger partial charge on any atom is 0.208 e. The lowest BCUT2D eigenvalue weighted by molar-refractivity contribution is 0.317. The molecule has 0 atom stereocenters. The van der Waals surface area contributed by atoms with Crippen molar-refractivity contribution in [2.24, 2.45) is 5.73 Å². The maximum atomic E-state index is 5.67. The van der Waals surface area contributed by atoms with Gasteiger partial charge in [-0.15, -0.1) is 0 Å². The second kappa shape index (κ2) is 3.73. The third-order valence-corrected chi connectivity index (χ3v) is 3.49. The minimum absolute atomic E-state index is 0.264. The van der Waals surface area contributed by atoms with Gasteiger partial charge in [-0.05, 0) is 19.3 Å². The molecule has 1 aliphatic rings. The minimum atomic E-state index is 0.264. The predicted octanol–water partition coefficient (Wildman–Crippen LogP) is 2.36. The Bertz CT molecular complexity index is 300. The van der Waals surface area contributed by atoms with Gasteiger partial charge in [-0.25, -0.2) is 4.98 Å². The Balaban J connectivity index is 2.26. The van der Waals surface area contributed by atoms with Crippen molar-refractivity contribution in [2.75, 3.05) is 0 Å². The number of aromatic nitrogens is 1. The zero-order valence-corrected chi connectivity index (χ0v) is 8.75. The van der Waals surface area contributed by atoms with E-state index in [1.807, 2.05) is 6.20 Å². The molecule has 1 aromatic rings. The van der Waals surface area contributed by atoms with Crippen LogP contribution in [0.5, 0.6) is 0 Å². The van der Waals surface area contributed by atoms with Gasteiger partial charge in [-0.2, -0.15) is 0 Å². The quantitative estimate of drug-likeness (QED) is 0.803. The van der Waals surface area contributed by atoms with Crippen LogP contribution < -0.4 is 5.73 Å². The number of oxazole rings is 1. The summed E-state index contributed by atoms with van der Waals surface area (Å²) in [5, 5.41) is 0. The summed E-state index contributed by atoms with van der Waals surface area (Å²) >= 11 is 0.